The molecule has 4 saturated heterocycles. The minimum absolute atomic E-state index is 0.268. The summed E-state index contributed by atoms with van der Waals surface area (Å²) in [5.41, 5.74) is 21.4. The molecule has 8 heterocycles. The number of azide groups is 4. The van der Waals surface area contributed by atoms with Crippen molar-refractivity contribution in [2.24, 2.45) is 38.2 Å². The molecule has 52 nitrogen and oxygen atoms in total. The van der Waals surface area contributed by atoms with Gasteiger partial charge >= 0.3 is 68.1 Å². The summed E-state index contributed by atoms with van der Waals surface area (Å²) < 4.78 is 162. The zero-order chi connectivity index (χ0) is 96.7. The second kappa shape index (κ2) is 47.2. The summed E-state index contributed by atoms with van der Waals surface area (Å²) in [6.07, 6.45) is -17.5. The number of carbonyl (C=O) groups is 4. The van der Waals surface area contributed by atoms with Crippen molar-refractivity contribution in [1.82, 2.24) is 58.6 Å². The highest BCUT2D eigenvalue weighted by Gasteiger charge is 2.60. The number of H-pyrrole nitrogens is 4. The Kier molecular flexibility index (Phi) is 40.2. The van der Waals surface area contributed by atoms with Gasteiger partial charge in [0, 0.05) is 86.5 Å². The van der Waals surface area contributed by atoms with Crippen LogP contribution in [0.25, 0.3) is 41.8 Å². The van der Waals surface area contributed by atoms with Gasteiger partial charge in [-0.3, -0.25) is 90.3 Å². The van der Waals surface area contributed by atoms with E-state index >= 15 is 8.78 Å². The second-order valence-corrected chi connectivity index (χ2v) is 38.4. The van der Waals surface area contributed by atoms with Crippen LogP contribution in [0.4, 0.5) is 17.6 Å². The summed E-state index contributed by atoms with van der Waals surface area (Å²) in [4.78, 5) is 161. The third-order valence-corrected chi connectivity index (χ3v) is 24.3. The van der Waals surface area contributed by atoms with Gasteiger partial charge in [-0.05, 0) is 128 Å². The van der Waals surface area contributed by atoms with E-state index in [1.807, 2.05) is 19.9 Å². The largest absolute Gasteiger partial charge is 0.462 e. The van der Waals surface area contributed by atoms with Gasteiger partial charge in [0.15, 0.2) is 49.6 Å². The Labute approximate surface area is 731 Å². The van der Waals surface area contributed by atoms with Crippen LogP contribution in [0.3, 0.4) is 0 Å². The van der Waals surface area contributed by atoms with Crippen molar-refractivity contribution >= 4 is 67.8 Å². The first-order valence-corrected chi connectivity index (χ1v) is 45.2. The van der Waals surface area contributed by atoms with Crippen LogP contribution < -0.4 is 65.3 Å². The minimum Gasteiger partial charge on any atom is -0.462 e. The molecular formula is C67H99Cl2F4N24O28P3. The molecule has 0 unspecified atom stereocenters. The molecule has 0 amide bonds. The molecule has 20 atom stereocenters. The number of rotatable bonds is 38. The van der Waals surface area contributed by atoms with Crippen LogP contribution in [-0.4, -0.2) is 227 Å². The van der Waals surface area contributed by atoms with Crippen molar-refractivity contribution in [3.63, 3.8) is 0 Å². The molecule has 0 spiro atoms. The van der Waals surface area contributed by atoms with Crippen molar-refractivity contribution in [2.75, 3.05) is 52.6 Å². The number of hydrogen-bond acceptors (Lipinski definition) is 32. The molecule has 0 aromatic carbocycles. The van der Waals surface area contributed by atoms with Gasteiger partial charge < -0.3 is 61.7 Å². The zero-order valence-corrected chi connectivity index (χ0v) is 75.3. The van der Waals surface area contributed by atoms with Gasteiger partial charge in [0.2, 0.25) is 0 Å². The first-order valence-electron chi connectivity index (χ1n) is 38.5. The summed E-state index contributed by atoms with van der Waals surface area (Å²) in [5.74, 6) is -6.01. The van der Waals surface area contributed by atoms with Crippen molar-refractivity contribution < 1.29 is 112 Å². The van der Waals surface area contributed by atoms with Crippen LogP contribution in [0.2, 0.25) is 0 Å². The molecule has 4 fully saturated rings. The smallest absolute Gasteiger partial charge is 0.380 e. The Morgan fingerprint density at radius 2 is 0.664 bits per heavy atom. The van der Waals surface area contributed by atoms with Crippen molar-refractivity contribution in [2.45, 2.75) is 231 Å². The number of hydrogen-bond donors (Lipinski definition) is 10. The number of ether oxygens (including phenoxy) is 8. The number of halogens is 6. The minimum atomic E-state index is -4.47. The number of aliphatic hydroxyl groups is 2. The Morgan fingerprint density at radius 1 is 0.438 bits per heavy atom. The van der Waals surface area contributed by atoms with E-state index in [0.717, 1.165) is 62.8 Å². The lowest BCUT2D eigenvalue weighted by Gasteiger charge is -2.34. The Balaban J connectivity index is 0.000000313. The first kappa shape index (κ1) is 109. The van der Waals surface area contributed by atoms with Crippen LogP contribution in [0, 0.1) is 17.8 Å². The molecule has 8 rings (SSSR count). The lowest BCUT2D eigenvalue weighted by Crippen LogP contribution is -2.50. The number of carbonyl (C=O) groups excluding carboxylic acids is 4. The number of nitrogens with zero attached hydrogens (tertiary/aromatic N) is 16. The number of aliphatic hydroxyl groups excluding tert-OH is 2. The van der Waals surface area contributed by atoms with E-state index in [1.54, 1.807) is 55.4 Å². The number of aromatic nitrogens is 8. The van der Waals surface area contributed by atoms with E-state index in [-0.39, 0.29) is 13.1 Å². The van der Waals surface area contributed by atoms with Gasteiger partial charge in [-0.1, -0.05) is 41.2 Å². The summed E-state index contributed by atoms with van der Waals surface area (Å²) >= 11 is 10.7. The second-order valence-electron chi connectivity index (χ2n) is 30.3. The fraction of sp³-hybridized carbons (Fsp3) is 0.701. The fourth-order valence-corrected chi connectivity index (χ4v) is 16.9. The van der Waals surface area contributed by atoms with Crippen LogP contribution in [0.5, 0.6) is 0 Å². The normalized spacial score (nSPS) is 26.4. The lowest BCUT2D eigenvalue weighted by molar-refractivity contribution is -0.150. The maximum Gasteiger partial charge on any atom is 0.380 e. The molecule has 61 heteroatoms. The van der Waals surface area contributed by atoms with Gasteiger partial charge in [-0.2, -0.15) is 0 Å². The third-order valence-electron chi connectivity index (χ3n) is 19.4. The number of aromatic amines is 4. The monoisotopic (exact) mass is 1930 g/mol. The molecular weight excluding hydrogens is 1830 g/mol. The number of nitrogens with one attached hydrogen (secondary N) is 8. The molecule has 10 N–H and O–H groups in total. The molecule has 0 saturated carbocycles. The summed E-state index contributed by atoms with van der Waals surface area (Å²) in [7, 11) is -8.84. The average Bonchev–Trinajstić information content (AvgIpc) is 1.63. The predicted molar refractivity (Wildman–Crippen MR) is 441 cm³/mol. The summed E-state index contributed by atoms with van der Waals surface area (Å²) in [5, 5.41) is 43.7. The topological polar surface area (TPSA) is 724 Å². The van der Waals surface area contributed by atoms with Crippen molar-refractivity contribution in [3.05, 3.63) is 174 Å². The molecule has 0 radical (unpaired) electrons. The Morgan fingerprint density at radius 3 is 0.914 bits per heavy atom. The summed E-state index contributed by atoms with van der Waals surface area (Å²) in [6, 6.07) is -0.886. The van der Waals surface area contributed by atoms with Crippen LogP contribution in [0.15, 0.2) is 108 Å². The standard InChI is InChI=1S/C23H37FN7O9P.C22H35FN7O10P.C11H13Cl2FN5O5P.C11H14FN5O4/c1-12(2)38-20(33)15(6)28-41(36,29-16(7)21(34)39-13(3)4)37-11-23(10-26-30-25)14(5)18(24)19(40-23)31-9-8-17(32)27-22(31)35;1-11(2)38-19(33)13(5)27-41(36,28-14(6)20(34)39-12(3)4)37-10-22(9-25-29-24)17(32)16(23)18(40-22)30-8-7-15(31)26-21(30)35;1-6-8(14)9(19-3-2-7(20)17-10(19)21)24-11(6,4-16-18-15)5-23-25(12,13)22;1-6-8(12)9(17-3-2-7(19)15-10(17)20)21-11(6,5-18)4-14-16-13/h8-9,12-16,18-19H,10-11H2,1-7H3,(H,27,32,35)(H2,28,29,36);7-8,11-14,16-18,32H,9-10H2,1-6H3,(H,26,31,35)(H2,27,28,36);2-3,6,8-9H,4-5H2,1H3,(H,17,20,21);2-3,6,8-9,18H,4-5H2,1H3,(H,15,19,20)/t14-,15-,16-,18+,19+,23+;13-,14-,16+,17-,18+,22+;2*6-,8+,9+,11+/m0000/s1. The maximum absolute atomic E-state index is 15.6. The van der Waals surface area contributed by atoms with Crippen molar-refractivity contribution in [3.8, 4) is 0 Å². The molecule has 0 bridgehead atoms. The van der Waals surface area contributed by atoms with Gasteiger partial charge in [-0.25, -0.2) is 57.1 Å². The third kappa shape index (κ3) is 29.2. The highest BCUT2D eigenvalue weighted by molar-refractivity contribution is 8.05. The van der Waals surface area contributed by atoms with Gasteiger partial charge in [-0.15, -0.1) is 0 Å². The zero-order valence-electron chi connectivity index (χ0n) is 71.1. The predicted octanol–water partition coefficient (Wildman–Crippen LogP) is 5.64. The average molecular weight is 1930 g/mol. The summed E-state index contributed by atoms with van der Waals surface area (Å²) in [6.45, 7) is 17.9. The number of esters is 4. The van der Waals surface area contributed by atoms with E-state index in [1.165, 1.54) is 48.5 Å². The fourth-order valence-electron chi connectivity index (χ4n) is 12.5. The molecule has 4 aromatic heterocycles. The van der Waals surface area contributed by atoms with Crippen molar-refractivity contribution in [1.29, 1.82) is 0 Å². The molecule has 4 aliphatic rings. The van der Waals surface area contributed by atoms with E-state index in [4.69, 9.17) is 96.1 Å². The highest BCUT2D eigenvalue weighted by Crippen LogP contribution is 2.59. The molecule has 712 valence electrons. The first-order chi connectivity index (χ1) is 59.6. The van der Waals surface area contributed by atoms with Gasteiger partial charge in [0.05, 0.1) is 77.0 Å². The van der Waals surface area contributed by atoms with E-state index in [9.17, 15) is 90.2 Å². The van der Waals surface area contributed by atoms with Crippen LogP contribution in [0.1, 0.15) is 129 Å². The molecule has 4 aromatic rings. The van der Waals surface area contributed by atoms with E-state index in [0.29, 0.717) is 4.57 Å². The molecule has 4 aliphatic heterocycles. The van der Waals surface area contributed by atoms with Crippen LogP contribution in [-0.2, 0) is 84.3 Å². The van der Waals surface area contributed by atoms with Gasteiger partial charge in [0.25, 0.3) is 22.2 Å². The Bertz CT molecular complexity index is 5150. The van der Waals surface area contributed by atoms with E-state index in [2.05, 4.69) is 60.5 Å². The maximum atomic E-state index is 15.6. The van der Waals surface area contributed by atoms with Crippen LogP contribution >= 0.6 is 43.9 Å². The Hall–Kier alpha value is -9.69. The number of alkyl halides is 4. The quantitative estimate of drug-likeness (QED) is 0.00493. The van der Waals surface area contributed by atoms with Gasteiger partial charge in [0.1, 0.15) is 52.7 Å². The lowest BCUT2D eigenvalue weighted by atomic mass is 9.88. The highest BCUT2D eigenvalue weighted by atomic mass is 35.9. The van der Waals surface area contributed by atoms with E-state index < -0.39 is 274 Å². The molecule has 128 heavy (non-hydrogen) atoms. The SMILES string of the molecule is CC(C)OC(=O)[C@H](C)NP(=O)(N[C@@H](C)C(=O)OC(C)C)OC[C@@]1(CN=[N+]=[N-])O[C@@H](n2ccc(=O)[nH]c2=O)[C@H](F)[C@@H]1C.CC(C)OC(=O)[C@H](C)NP(=O)(N[C@@H](C)C(=O)OC(C)C)OC[C@@]1(CN=[N+]=[N-])O[C@@H](n2ccc(=O)[nH]c2=O)[C@H](F)[C@@H]1O.C[C@H]1[C@@H](F)[C@H](n2ccc(=O)[nH]c2=O)O[C@@]1(CO)CN=[N+]=[N-].C[C@H]1[C@@H](F)[C@H](n2ccc(=O)[nH]c2=O)O[C@]1(CN=[N+]=[N-])COP(=O)(Cl)Cl. The molecule has 0 aliphatic carbocycles.